The molecule has 0 saturated carbocycles. The molecule has 1 aliphatic carbocycles. The zero-order valence-corrected chi connectivity index (χ0v) is 6.85. The van der Waals surface area contributed by atoms with Crippen molar-refractivity contribution in [3.8, 4) is 0 Å². The van der Waals surface area contributed by atoms with Gasteiger partial charge in [-0.2, -0.15) is 0 Å². The van der Waals surface area contributed by atoms with Gasteiger partial charge < -0.3 is 5.11 Å². The minimum Gasteiger partial charge on any atom is -0.377 e. The molecule has 1 aliphatic rings. The molecule has 0 spiro atoms. The third-order valence-electron chi connectivity index (χ3n) is 2.25. The Labute approximate surface area is 66.2 Å². The van der Waals surface area contributed by atoms with Crippen molar-refractivity contribution in [2.45, 2.75) is 25.9 Å². The van der Waals surface area contributed by atoms with Gasteiger partial charge in [-0.15, -0.1) is 0 Å². The van der Waals surface area contributed by atoms with Crippen molar-refractivity contribution in [1.82, 2.24) is 0 Å². The summed E-state index contributed by atoms with van der Waals surface area (Å²) in [5.74, 6) is -0.204. The molecule has 0 aromatic heterocycles. The lowest BCUT2D eigenvalue weighted by atomic mass is 9.98. The van der Waals surface area contributed by atoms with E-state index in [1.165, 1.54) is 6.08 Å². The van der Waals surface area contributed by atoms with Gasteiger partial charge in [-0.1, -0.05) is 18.2 Å². The number of carbonyl (C=O) groups excluding carboxylic acids is 1. The Balaban J connectivity index is 3.04. The molecule has 1 atom stereocenters. The summed E-state index contributed by atoms with van der Waals surface area (Å²) in [4.78, 5) is 11.3. The first-order valence-corrected chi connectivity index (χ1v) is 3.58. The zero-order valence-electron chi connectivity index (χ0n) is 6.85. The zero-order chi connectivity index (χ0) is 8.65. The molecule has 2 nitrogen and oxygen atoms in total. The average molecular weight is 152 g/mol. The second kappa shape index (κ2) is 2.31. The van der Waals surface area contributed by atoms with E-state index in [2.05, 4.69) is 6.58 Å². The minimum atomic E-state index is -1.31. The molecule has 11 heavy (non-hydrogen) atoms. The summed E-state index contributed by atoms with van der Waals surface area (Å²) in [6.07, 6.45) is 1.72. The molecule has 0 aliphatic heterocycles. The lowest BCUT2D eigenvalue weighted by Gasteiger charge is -2.14. The van der Waals surface area contributed by atoms with Crippen LogP contribution in [-0.2, 0) is 4.79 Å². The van der Waals surface area contributed by atoms with Crippen LogP contribution in [0.3, 0.4) is 0 Å². The fourth-order valence-corrected chi connectivity index (χ4v) is 1.30. The molecule has 0 saturated heterocycles. The van der Waals surface area contributed by atoms with Crippen LogP contribution < -0.4 is 0 Å². The van der Waals surface area contributed by atoms with E-state index in [-0.39, 0.29) is 5.78 Å². The molecule has 1 N–H and O–H groups in total. The smallest absolute Gasteiger partial charge is 0.194 e. The Kier molecular flexibility index (Phi) is 1.72. The maximum absolute atomic E-state index is 11.3. The first-order valence-electron chi connectivity index (χ1n) is 3.58. The van der Waals surface area contributed by atoms with E-state index >= 15 is 0 Å². The Hall–Kier alpha value is -0.890. The second-order valence-electron chi connectivity index (χ2n) is 3.04. The predicted octanol–water partition coefficient (Wildman–Crippen LogP) is 1.21. The van der Waals surface area contributed by atoms with Gasteiger partial charge in [-0.3, -0.25) is 4.79 Å². The highest BCUT2D eigenvalue weighted by atomic mass is 16.3. The van der Waals surface area contributed by atoms with Crippen LogP contribution in [0.1, 0.15) is 20.3 Å². The van der Waals surface area contributed by atoms with Gasteiger partial charge in [-0.25, -0.2) is 0 Å². The quantitative estimate of drug-likeness (QED) is 0.573. The Morgan fingerprint density at radius 1 is 1.64 bits per heavy atom. The van der Waals surface area contributed by atoms with Crippen molar-refractivity contribution in [3.05, 3.63) is 23.8 Å². The number of rotatable bonds is 1. The van der Waals surface area contributed by atoms with Crippen LogP contribution in [0, 0.1) is 0 Å². The van der Waals surface area contributed by atoms with Gasteiger partial charge >= 0.3 is 0 Å². The van der Waals surface area contributed by atoms with E-state index < -0.39 is 5.60 Å². The molecule has 0 radical (unpaired) electrons. The molecule has 0 bridgehead atoms. The maximum atomic E-state index is 11.3. The van der Waals surface area contributed by atoms with Crippen LogP contribution in [0.25, 0.3) is 0 Å². The first-order chi connectivity index (χ1) is 5.01. The van der Waals surface area contributed by atoms with Gasteiger partial charge in [0.15, 0.2) is 5.78 Å². The number of aliphatic hydroxyl groups is 1. The molecule has 60 valence electrons. The van der Waals surface area contributed by atoms with E-state index in [0.29, 0.717) is 12.0 Å². The molecule has 1 unspecified atom stereocenters. The fraction of sp³-hybridized carbons (Fsp3) is 0.444. The summed E-state index contributed by atoms with van der Waals surface area (Å²) in [6, 6.07) is 0. The van der Waals surface area contributed by atoms with Crippen molar-refractivity contribution in [2.75, 3.05) is 0 Å². The Morgan fingerprint density at radius 2 is 2.18 bits per heavy atom. The number of hydrogen-bond acceptors (Lipinski definition) is 2. The van der Waals surface area contributed by atoms with Crippen molar-refractivity contribution in [1.29, 1.82) is 0 Å². The summed E-state index contributed by atoms with van der Waals surface area (Å²) in [6.45, 7) is 7.03. The highest BCUT2D eigenvalue weighted by Crippen LogP contribution is 2.31. The van der Waals surface area contributed by atoms with E-state index in [4.69, 9.17) is 0 Å². The molecular weight excluding hydrogens is 140 g/mol. The van der Waals surface area contributed by atoms with Gasteiger partial charge in [0.05, 0.1) is 0 Å². The number of ketones is 1. The molecule has 1 rings (SSSR count). The summed E-state index contributed by atoms with van der Waals surface area (Å²) < 4.78 is 0. The SMILES string of the molecule is C=CC1(O)CC(C)=C(C)C1=O. The number of Topliss-reactive ketones (excluding diaryl/α,β-unsaturated/α-hetero) is 1. The van der Waals surface area contributed by atoms with Crippen molar-refractivity contribution >= 4 is 5.78 Å². The lowest BCUT2D eigenvalue weighted by Crippen LogP contribution is -2.32. The topological polar surface area (TPSA) is 37.3 Å². The summed E-state index contributed by atoms with van der Waals surface area (Å²) in [5.41, 5.74) is 0.318. The normalized spacial score (nSPS) is 31.4. The Morgan fingerprint density at radius 3 is 2.36 bits per heavy atom. The van der Waals surface area contributed by atoms with E-state index in [1.54, 1.807) is 6.92 Å². The number of carbonyl (C=O) groups is 1. The van der Waals surface area contributed by atoms with E-state index in [9.17, 15) is 9.90 Å². The first kappa shape index (κ1) is 8.21. The fourth-order valence-electron chi connectivity index (χ4n) is 1.30. The van der Waals surface area contributed by atoms with Crippen LogP contribution in [0.15, 0.2) is 23.8 Å². The summed E-state index contributed by atoms with van der Waals surface area (Å²) in [5, 5.41) is 9.60. The standard InChI is InChI=1S/C9H12O2/c1-4-9(11)5-6(2)7(3)8(9)10/h4,11H,1,5H2,2-3H3. The van der Waals surface area contributed by atoms with Crippen molar-refractivity contribution in [2.24, 2.45) is 0 Å². The third-order valence-corrected chi connectivity index (χ3v) is 2.25. The molecule has 2 heteroatoms. The van der Waals surface area contributed by atoms with E-state index in [1.807, 2.05) is 6.92 Å². The van der Waals surface area contributed by atoms with Crippen molar-refractivity contribution < 1.29 is 9.90 Å². The van der Waals surface area contributed by atoms with Crippen LogP contribution >= 0.6 is 0 Å². The number of hydrogen-bond donors (Lipinski definition) is 1. The maximum Gasteiger partial charge on any atom is 0.194 e. The highest BCUT2D eigenvalue weighted by molar-refractivity contribution is 6.06. The van der Waals surface area contributed by atoms with Crippen LogP contribution in [-0.4, -0.2) is 16.5 Å². The van der Waals surface area contributed by atoms with Gasteiger partial charge in [0.25, 0.3) is 0 Å². The molecule has 0 aromatic carbocycles. The van der Waals surface area contributed by atoms with E-state index in [0.717, 1.165) is 5.57 Å². The van der Waals surface area contributed by atoms with Crippen molar-refractivity contribution in [3.63, 3.8) is 0 Å². The minimum absolute atomic E-state index is 0.204. The van der Waals surface area contributed by atoms with Gasteiger partial charge in [-0.05, 0) is 19.4 Å². The third kappa shape index (κ3) is 1.03. The van der Waals surface area contributed by atoms with Gasteiger partial charge in [0.2, 0.25) is 0 Å². The van der Waals surface area contributed by atoms with Crippen LogP contribution in [0.4, 0.5) is 0 Å². The summed E-state index contributed by atoms with van der Waals surface area (Å²) >= 11 is 0. The Bertz CT molecular complexity index is 250. The van der Waals surface area contributed by atoms with Gasteiger partial charge in [0.1, 0.15) is 5.60 Å². The van der Waals surface area contributed by atoms with Crippen LogP contribution in [0.2, 0.25) is 0 Å². The second-order valence-corrected chi connectivity index (χ2v) is 3.04. The predicted molar refractivity (Wildman–Crippen MR) is 43.1 cm³/mol. The van der Waals surface area contributed by atoms with Gasteiger partial charge in [0, 0.05) is 6.42 Å². The molecule has 0 aromatic rings. The average Bonchev–Trinajstić information content (AvgIpc) is 2.17. The largest absolute Gasteiger partial charge is 0.377 e. The molecule has 0 amide bonds. The lowest BCUT2D eigenvalue weighted by molar-refractivity contribution is -0.127. The summed E-state index contributed by atoms with van der Waals surface area (Å²) in [7, 11) is 0. The van der Waals surface area contributed by atoms with Crippen LogP contribution in [0.5, 0.6) is 0 Å². The molecule has 0 heterocycles. The molecular formula is C9H12O2. The highest BCUT2D eigenvalue weighted by Gasteiger charge is 2.39. The monoisotopic (exact) mass is 152 g/mol. The molecule has 0 fully saturated rings.